The molecule has 0 aromatic heterocycles. The number of anilines is 1. The molecule has 1 aliphatic heterocycles. The van der Waals surface area contributed by atoms with Crippen LogP contribution in [0.15, 0.2) is 24.3 Å². The van der Waals surface area contributed by atoms with Crippen LogP contribution in [-0.4, -0.2) is 24.8 Å². The zero-order chi connectivity index (χ0) is 12.8. The van der Waals surface area contributed by atoms with Crippen LogP contribution >= 0.6 is 0 Å². The average molecular weight is 247 g/mol. The summed E-state index contributed by atoms with van der Waals surface area (Å²) in [6, 6.07) is 8.82. The molecule has 0 fully saturated rings. The van der Waals surface area contributed by atoms with Gasteiger partial charge in [0, 0.05) is 25.4 Å². The summed E-state index contributed by atoms with van der Waals surface area (Å²) in [4.78, 5) is 2.54. The van der Waals surface area contributed by atoms with Gasteiger partial charge in [-0.15, -0.1) is 0 Å². The van der Waals surface area contributed by atoms with Gasteiger partial charge in [0.1, 0.15) is 0 Å². The van der Waals surface area contributed by atoms with E-state index in [0.717, 1.165) is 25.3 Å². The molecule has 2 rings (SSSR count). The number of benzene rings is 1. The van der Waals surface area contributed by atoms with E-state index in [0.29, 0.717) is 6.61 Å². The van der Waals surface area contributed by atoms with Crippen LogP contribution in [0.1, 0.15) is 38.2 Å². The molecule has 1 aromatic carbocycles. The molecule has 0 spiro atoms. The van der Waals surface area contributed by atoms with Crippen LogP contribution in [0.4, 0.5) is 5.69 Å². The van der Waals surface area contributed by atoms with E-state index in [1.807, 2.05) is 0 Å². The molecule has 1 heterocycles. The van der Waals surface area contributed by atoms with Crippen molar-refractivity contribution in [1.82, 2.24) is 0 Å². The normalized spacial score (nSPS) is 18.8. The second kappa shape index (κ2) is 6.79. The molecular formula is C16H25NO. The Bertz CT molecular complexity index is 364. The van der Waals surface area contributed by atoms with Crippen molar-refractivity contribution in [2.45, 2.75) is 39.0 Å². The fourth-order valence-electron chi connectivity index (χ4n) is 2.89. The maximum atomic E-state index is 8.77. The summed E-state index contributed by atoms with van der Waals surface area (Å²) in [5.41, 5.74) is 2.95. The molecule has 2 heteroatoms. The molecule has 2 nitrogen and oxygen atoms in total. The Morgan fingerprint density at radius 2 is 1.94 bits per heavy atom. The van der Waals surface area contributed by atoms with Crippen LogP contribution in [0.25, 0.3) is 0 Å². The fraction of sp³-hybridized carbons (Fsp3) is 0.625. The zero-order valence-electron chi connectivity index (χ0n) is 11.4. The Morgan fingerprint density at radius 3 is 2.78 bits per heavy atom. The predicted octanol–water partition coefficient (Wildman–Crippen LogP) is 3.24. The van der Waals surface area contributed by atoms with E-state index < -0.39 is 0 Å². The van der Waals surface area contributed by atoms with Gasteiger partial charge < -0.3 is 10.0 Å². The van der Waals surface area contributed by atoms with Crippen LogP contribution < -0.4 is 4.90 Å². The lowest BCUT2D eigenvalue weighted by Crippen LogP contribution is -2.34. The minimum absolute atomic E-state index is 0.337. The number of fused-ring (bicyclic) bond motifs is 1. The minimum Gasteiger partial charge on any atom is -0.396 e. The lowest BCUT2D eigenvalue weighted by molar-refractivity contribution is 0.282. The lowest BCUT2D eigenvalue weighted by atomic mass is 9.93. The number of nitrogens with zero attached hydrogens (tertiary/aromatic N) is 1. The molecule has 0 saturated carbocycles. The number of para-hydroxylation sites is 1. The standard InChI is InChI=1S/C16H25NO/c1-14-12-15-8-4-5-9-16(15)17(13-14)10-6-2-3-7-11-18/h4-5,8-9,14,18H,2-3,6-7,10-13H2,1H3. The summed E-state index contributed by atoms with van der Waals surface area (Å²) >= 11 is 0. The maximum Gasteiger partial charge on any atom is 0.0431 e. The molecule has 1 N–H and O–H groups in total. The van der Waals surface area contributed by atoms with Gasteiger partial charge >= 0.3 is 0 Å². The molecule has 1 aromatic rings. The summed E-state index contributed by atoms with van der Waals surface area (Å²) in [5.74, 6) is 0.761. The summed E-state index contributed by atoms with van der Waals surface area (Å²) < 4.78 is 0. The quantitative estimate of drug-likeness (QED) is 0.780. The van der Waals surface area contributed by atoms with Crippen LogP contribution in [0.5, 0.6) is 0 Å². The summed E-state index contributed by atoms with van der Waals surface area (Å²) in [6.45, 7) is 5.03. The summed E-state index contributed by atoms with van der Waals surface area (Å²) in [5, 5.41) is 8.77. The minimum atomic E-state index is 0.337. The molecule has 0 radical (unpaired) electrons. The first-order valence-electron chi connectivity index (χ1n) is 7.25. The van der Waals surface area contributed by atoms with Crippen LogP contribution in [0, 0.1) is 5.92 Å². The molecule has 0 bridgehead atoms. The van der Waals surface area contributed by atoms with E-state index in [1.54, 1.807) is 0 Å². The molecule has 18 heavy (non-hydrogen) atoms. The Kier molecular flexibility index (Phi) is 5.06. The Balaban J connectivity index is 1.88. The van der Waals surface area contributed by atoms with E-state index in [1.165, 1.54) is 37.1 Å². The van der Waals surface area contributed by atoms with Gasteiger partial charge in [0.2, 0.25) is 0 Å². The third kappa shape index (κ3) is 3.49. The van der Waals surface area contributed by atoms with Gasteiger partial charge in [0.05, 0.1) is 0 Å². The molecule has 1 atom stereocenters. The highest BCUT2D eigenvalue weighted by atomic mass is 16.2. The number of hydrogen-bond acceptors (Lipinski definition) is 2. The largest absolute Gasteiger partial charge is 0.396 e. The first-order valence-corrected chi connectivity index (χ1v) is 7.25. The Labute approximate surface area is 111 Å². The second-order valence-corrected chi connectivity index (χ2v) is 5.52. The van der Waals surface area contributed by atoms with E-state index in [4.69, 9.17) is 5.11 Å². The number of unbranched alkanes of at least 4 members (excludes halogenated alkanes) is 3. The van der Waals surface area contributed by atoms with Gasteiger partial charge in [-0.3, -0.25) is 0 Å². The molecule has 1 aliphatic rings. The molecule has 1 unspecified atom stereocenters. The molecule has 100 valence electrons. The topological polar surface area (TPSA) is 23.5 Å². The van der Waals surface area contributed by atoms with Crippen LogP contribution in [-0.2, 0) is 6.42 Å². The van der Waals surface area contributed by atoms with Crippen molar-refractivity contribution < 1.29 is 5.11 Å². The van der Waals surface area contributed by atoms with Crippen molar-refractivity contribution in [3.8, 4) is 0 Å². The molecule has 0 aliphatic carbocycles. The molecule has 0 saturated heterocycles. The predicted molar refractivity (Wildman–Crippen MR) is 77.1 cm³/mol. The average Bonchev–Trinajstić information content (AvgIpc) is 2.38. The van der Waals surface area contributed by atoms with Gasteiger partial charge in [-0.1, -0.05) is 38.0 Å². The summed E-state index contributed by atoms with van der Waals surface area (Å²) in [7, 11) is 0. The number of aliphatic hydroxyl groups excluding tert-OH is 1. The van der Waals surface area contributed by atoms with Gasteiger partial charge in [0.15, 0.2) is 0 Å². The van der Waals surface area contributed by atoms with E-state index in [9.17, 15) is 0 Å². The van der Waals surface area contributed by atoms with Crippen molar-refractivity contribution in [2.75, 3.05) is 24.6 Å². The zero-order valence-corrected chi connectivity index (χ0v) is 11.4. The van der Waals surface area contributed by atoms with E-state index in [-0.39, 0.29) is 0 Å². The first-order chi connectivity index (χ1) is 8.81. The third-order valence-corrected chi connectivity index (χ3v) is 3.77. The van der Waals surface area contributed by atoms with Gasteiger partial charge in [-0.2, -0.15) is 0 Å². The van der Waals surface area contributed by atoms with Crippen molar-refractivity contribution in [1.29, 1.82) is 0 Å². The van der Waals surface area contributed by atoms with Crippen molar-refractivity contribution in [2.24, 2.45) is 5.92 Å². The third-order valence-electron chi connectivity index (χ3n) is 3.77. The van der Waals surface area contributed by atoms with Gasteiger partial charge in [-0.25, -0.2) is 0 Å². The fourth-order valence-corrected chi connectivity index (χ4v) is 2.89. The molecule has 0 amide bonds. The lowest BCUT2D eigenvalue weighted by Gasteiger charge is -2.35. The van der Waals surface area contributed by atoms with Crippen molar-refractivity contribution in [3.63, 3.8) is 0 Å². The van der Waals surface area contributed by atoms with Crippen LogP contribution in [0.2, 0.25) is 0 Å². The Morgan fingerprint density at radius 1 is 1.17 bits per heavy atom. The highest BCUT2D eigenvalue weighted by Gasteiger charge is 2.20. The first kappa shape index (κ1) is 13.4. The van der Waals surface area contributed by atoms with Crippen LogP contribution in [0.3, 0.4) is 0 Å². The van der Waals surface area contributed by atoms with Crippen molar-refractivity contribution in [3.05, 3.63) is 29.8 Å². The number of hydrogen-bond donors (Lipinski definition) is 1. The van der Waals surface area contributed by atoms with E-state index >= 15 is 0 Å². The number of rotatable bonds is 6. The number of aliphatic hydroxyl groups is 1. The molecular weight excluding hydrogens is 222 g/mol. The highest BCUT2D eigenvalue weighted by Crippen LogP contribution is 2.29. The highest BCUT2D eigenvalue weighted by molar-refractivity contribution is 5.55. The van der Waals surface area contributed by atoms with Gasteiger partial charge in [0.25, 0.3) is 0 Å². The maximum absolute atomic E-state index is 8.77. The van der Waals surface area contributed by atoms with E-state index in [2.05, 4.69) is 36.1 Å². The monoisotopic (exact) mass is 247 g/mol. The second-order valence-electron chi connectivity index (χ2n) is 5.52. The smallest absolute Gasteiger partial charge is 0.0431 e. The SMILES string of the molecule is CC1Cc2ccccc2N(CCCCCCO)C1. The van der Waals surface area contributed by atoms with Gasteiger partial charge in [-0.05, 0) is 36.8 Å². The van der Waals surface area contributed by atoms with Crippen molar-refractivity contribution >= 4 is 5.69 Å². The summed E-state index contributed by atoms with van der Waals surface area (Å²) in [6.07, 6.45) is 5.79. The Hall–Kier alpha value is -1.02.